The number of fused-ring (bicyclic) bond motifs is 1. The molecule has 200 valence electrons. The van der Waals surface area contributed by atoms with Gasteiger partial charge in [0, 0.05) is 56.0 Å². The molecule has 1 aliphatic carbocycles. The van der Waals surface area contributed by atoms with Crippen LogP contribution in [0.1, 0.15) is 59.9 Å². The largest absolute Gasteiger partial charge is 0.359 e. The zero-order valence-electron chi connectivity index (χ0n) is 21.7. The second-order valence-corrected chi connectivity index (χ2v) is 11.4. The van der Waals surface area contributed by atoms with Crippen LogP contribution in [-0.4, -0.2) is 78.1 Å². The lowest BCUT2D eigenvalue weighted by molar-refractivity contribution is -0.141. The Morgan fingerprint density at radius 2 is 1.92 bits per heavy atom. The van der Waals surface area contributed by atoms with Gasteiger partial charge in [-0.15, -0.1) is 11.3 Å². The number of carbonyl (C=O) groups is 4. The van der Waals surface area contributed by atoms with Gasteiger partial charge in [-0.05, 0) is 45.7 Å². The molecule has 11 nitrogen and oxygen atoms in total. The van der Waals surface area contributed by atoms with Crippen LogP contribution in [0, 0.1) is 5.92 Å². The number of rotatable bonds is 5. The van der Waals surface area contributed by atoms with E-state index in [1.807, 2.05) is 20.0 Å². The minimum absolute atomic E-state index is 0.110. The summed E-state index contributed by atoms with van der Waals surface area (Å²) in [5.41, 5.74) is 1.05. The van der Waals surface area contributed by atoms with Crippen LogP contribution in [-0.2, 0) is 27.3 Å². The van der Waals surface area contributed by atoms with E-state index in [0.29, 0.717) is 30.7 Å². The molecule has 0 aromatic carbocycles. The summed E-state index contributed by atoms with van der Waals surface area (Å²) in [6.07, 6.45) is 6.22. The molecule has 0 spiro atoms. The van der Waals surface area contributed by atoms with Crippen molar-refractivity contribution in [2.45, 2.75) is 70.2 Å². The summed E-state index contributed by atoms with van der Waals surface area (Å²) in [5, 5.41) is 11.5. The lowest BCUT2D eigenvalue weighted by Gasteiger charge is -2.36. The first kappa shape index (κ1) is 26.9. The number of likely N-dealkylation sites (N-methyl/N-ethyl adjacent to an activating group) is 1. The van der Waals surface area contributed by atoms with Gasteiger partial charge in [-0.1, -0.05) is 6.08 Å². The van der Waals surface area contributed by atoms with Gasteiger partial charge in [-0.25, -0.2) is 4.98 Å². The Morgan fingerprint density at radius 1 is 1.14 bits per heavy atom. The van der Waals surface area contributed by atoms with Crippen molar-refractivity contribution in [1.29, 1.82) is 0 Å². The van der Waals surface area contributed by atoms with Crippen LogP contribution in [0.4, 0.5) is 0 Å². The monoisotopic (exact) mass is 529 g/mol. The average Bonchev–Trinajstić information content (AvgIpc) is 3.30. The van der Waals surface area contributed by atoms with E-state index >= 15 is 0 Å². The summed E-state index contributed by atoms with van der Waals surface area (Å²) in [6, 6.07) is -1.04. The van der Waals surface area contributed by atoms with Crippen molar-refractivity contribution in [3.05, 3.63) is 27.2 Å². The molecule has 3 heterocycles. The molecule has 2 aliphatic heterocycles. The molecule has 1 fully saturated rings. The zero-order valence-corrected chi connectivity index (χ0v) is 22.5. The Kier molecular flexibility index (Phi) is 8.08. The van der Waals surface area contributed by atoms with Crippen molar-refractivity contribution in [3.63, 3.8) is 0 Å². The molecular weight excluding hydrogens is 494 g/mol. The number of hydrogen-bond donors (Lipinski definition) is 4. The number of thiazole rings is 1. The van der Waals surface area contributed by atoms with Gasteiger partial charge in [-0.2, -0.15) is 0 Å². The molecule has 0 radical (unpaired) electrons. The van der Waals surface area contributed by atoms with Crippen LogP contribution in [0.5, 0.6) is 0 Å². The number of aliphatic imine (C=N–C) groups is 1. The number of carbonyl (C=O) groups excluding carboxylic acids is 4. The van der Waals surface area contributed by atoms with Crippen LogP contribution in [0.25, 0.3) is 0 Å². The van der Waals surface area contributed by atoms with Gasteiger partial charge in [0.25, 0.3) is 5.91 Å². The van der Waals surface area contributed by atoms with E-state index in [-0.39, 0.29) is 17.7 Å². The molecule has 2 unspecified atom stereocenters. The Balaban J connectivity index is 1.43. The SMILES string of the molecule is CNC(=O)[C@H]1CC[C@H](NC(=O)C(=O)NC2(C)CC=C(C)C=N2)C(NC(=O)c2nc3c(s2)CN(C)CC3)C1. The summed E-state index contributed by atoms with van der Waals surface area (Å²) in [6.45, 7) is 5.32. The first-order valence-corrected chi connectivity index (χ1v) is 13.4. The lowest BCUT2D eigenvalue weighted by Crippen LogP contribution is -2.59. The Bertz CT molecular complexity index is 1150. The normalized spacial score (nSPS) is 27.5. The zero-order chi connectivity index (χ0) is 26.7. The molecule has 1 saturated carbocycles. The van der Waals surface area contributed by atoms with E-state index in [0.717, 1.165) is 35.7 Å². The van der Waals surface area contributed by atoms with Gasteiger partial charge in [0.15, 0.2) is 5.01 Å². The van der Waals surface area contributed by atoms with Gasteiger partial charge in [0.05, 0.1) is 11.7 Å². The van der Waals surface area contributed by atoms with Crippen LogP contribution < -0.4 is 21.3 Å². The first-order valence-electron chi connectivity index (χ1n) is 12.6. The molecule has 37 heavy (non-hydrogen) atoms. The van der Waals surface area contributed by atoms with E-state index < -0.39 is 29.6 Å². The van der Waals surface area contributed by atoms with Crippen LogP contribution in [0.3, 0.4) is 0 Å². The predicted octanol–water partition coefficient (Wildman–Crippen LogP) is 0.514. The molecule has 4 N–H and O–H groups in total. The van der Waals surface area contributed by atoms with E-state index in [9.17, 15) is 19.2 Å². The highest BCUT2D eigenvalue weighted by Gasteiger charge is 2.38. The fourth-order valence-electron chi connectivity index (χ4n) is 4.92. The average molecular weight is 530 g/mol. The highest BCUT2D eigenvalue weighted by molar-refractivity contribution is 7.13. The maximum atomic E-state index is 13.2. The van der Waals surface area contributed by atoms with Gasteiger partial charge >= 0.3 is 11.8 Å². The molecule has 1 aromatic heterocycles. The fourth-order valence-corrected chi connectivity index (χ4v) is 6.01. The van der Waals surface area contributed by atoms with Crippen LogP contribution >= 0.6 is 11.3 Å². The summed E-state index contributed by atoms with van der Waals surface area (Å²) in [7, 11) is 3.61. The molecule has 3 aliphatic rings. The third kappa shape index (κ3) is 6.42. The third-order valence-electron chi connectivity index (χ3n) is 7.18. The number of allylic oxidation sites excluding steroid dienone is 1. The number of nitrogens with zero attached hydrogens (tertiary/aromatic N) is 3. The second kappa shape index (κ2) is 11.1. The van der Waals surface area contributed by atoms with Crippen molar-refractivity contribution in [2.75, 3.05) is 20.6 Å². The molecular formula is C25H35N7O4S. The topological polar surface area (TPSA) is 145 Å². The standard InChI is InChI=1S/C25H35N7O4S/c1-14-7-9-25(2,27-12-14)31-22(35)21(34)28-16-6-5-15(20(33)26-3)11-18(16)29-23(36)24-30-17-8-10-32(4)13-19(17)37-24/h7,12,15-16,18H,5-6,8-11,13H2,1-4H3,(H,26,33)(H,28,34)(H,29,36)(H,31,35)/t15-,16-,18?,25?/m0/s1. The van der Waals surface area contributed by atoms with Crippen LogP contribution in [0.15, 0.2) is 16.6 Å². The quantitative estimate of drug-likeness (QED) is 0.409. The predicted molar refractivity (Wildman–Crippen MR) is 140 cm³/mol. The first-order chi connectivity index (χ1) is 17.6. The third-order valence-corrected chi connectivity index (χ3v) is 8.26. The van der Waals surface area contributed by atoms with Crippen LogP contribution in [0.2, 0.25) is 0 Å². The van der Waals surface area contributed by atoms with Crippen molar-refractivity contribution in [2.24, 2.45) is 10.9 Å². The van der Waals surface area contributed by atoms with Gasteiger partial charge < -0.3 is 26.2 Å². The minimum atomic E-state index is -0.892. The second-order valence-electron chi connectivity index (χ2n) is 10.3. The molecule has 4 atom stereocenters. The molecule has 0 saturated heterocycles. The smallest absolute Gasteiger partial charge is 0.311 e. The maximum absolute atomic E-state index is 13.2. The van der Waals surface area contributed by atoms with E-state index in [1.54, 1.807) is 20.2 Å². The van der Waals surface area contributed by atoms with Gasteiger partial charge in [0.1, 0.15) is 5.66 Å². The Hall–Kier alpha value is -3.12. The van der Waals surface area contributed by atoms with Crippen molar-refractivity contribution in [1.82, 2.24) is 31.2 Å². The summed E-state index contributed by atoms with van der Waals surface area (Å²) in [5.74, 6) is -2.33. The van der Waals surface area contributed by atoms with Crippen molar-refractivity contribution in [3.8, 4) is 0 Å². The van der Waals surface area contributed by atoms with Gasteiger partial charge in [-0.3, -0.25) is 24.2 Å². The number of nitrogens with one attached hydrogen (secondary N) is 4. The summed E-state index contributed by atoms with van der Waals surface area (Å²) in [4.78, 5) is 63.2. The fraction of sp³-hybridized carbons (Fsp3) is 0.600. The number of dihydropyridines is 1. The van der Waals surface area contributed by atoms with E-state index in [2.05, 4.69) is 36.1 Å². The Morgan fingerprint density at radius 3 is 2.62 bits per heavy atom. The molecule has 12 heteroatoms. The molecule has 4 amide bonds. The molecule has 0 bridgehead atoms. The molecule has 4 rings (SSSR count). The minimum Gasteiger partial charge on any atom is -0.359 e. The number of hydrogen-bond acceptors (Lipinski definition) is 8. The summed E-state index contributed by atoms with van der Waals surface area (Å²) < 4.78 is 0. The van der Waals surface area contributed by atoms with Crippen molar-refractivity contribution >= 4 is 41.2 Å². The van der Waals surface area contributed by atoms with E-state index in [4.69, 9.17) is 0 Å². The summed E-state index contributed by atoms with van der Waals surface area (Å²) >= 11 is 1.37. The number of amides is 4. The highest BCUT2D eigenvalue weighted by Crippen LogP contribution is 2.28. The lowest BCUT2D eigenvalue weighted by atomic mass is 9.81. The molecule has 1 aromatic rings. The number of aromatic nitrogens is 1. The highest BCUT2D eigenvalue weighted by atomic mass is 32.1. The maximum Gasteiger partial charge on any atom is 0.311 e. The Labute approximate surface area is 220 Å². The van der Waals surface area contributed by atoms with E-state index in [1.165, 1.54) is 11.3 Å². The van der Waals surface area contributed by atoms with Gasteiger partial charge in [0.2, 0.25) is 5.91 Å². The van der Waals surface area contributed by atoms with Crippen molar-refractivity contribution < 1.29 is 19.2 Å².